The van der Waals surface area contributed by atoms with E-state index in [0.717, 1.165) is 43.5 Å². The van der Waals surface area contributed by atoms with Crippen LogP contribution in [0.1, 0.15) is 62.3 Å². The van der Waals surface area contributed by atoms with Crippen LogP contribution in [0.15, 0.2) is 60.2 Å². The summed E-state index contributed by atoms with van der Waals surface area (Å²) in [5, 5.41) is 1.40. The molecule has 3 nitrogen and oxygen atoms in total. The van der Waals surface area contributed by atoms with Gasteiger partial charge in [-0.05, 0) is 66.4 Å². The van der Waals surface area contributed by atoms with Crippen LogP contribution >= 0.6 is 0 Å². The van der Waals surface area contributed by atoms with Crippen molar-refractivity contribution >= 4 is 22.8 Å². The summed E-state index contributed by atoms with van der Waals surface area (Å²) in [7, 11) is 0. The van der Waals surface area contributed by atoms with E-state index in [0.29, 0.717) is 24.0 Å². The highest BCUT2D eigenvalue weighted by atomic mass is 16.1. The number of hydrogen-bond donors (Lipinski definition) is 1. The number of piperidine rings is 1. The Morgan fingerprint density at radius 2 is 1.88 bits per heavy atom. The summed E-state index contributed by atoms with van der Waals surface area (Å²) in [5.74, 6) is 1.43. The van der Waals surface area contributed by atoms with Gasteiger partial charge in [-0.3, -0.25) is 9.69 Å². The maximum Gasteiger partial charge on any atom is 0.159 e. The summed E-state index contributed by atoms with van der Waals surface area (Å²) in [4.78, 5) is 19.9. The molecule has 0 bridgehead atoms. The zero-order valence-electron chi connectivity index (χ0n) is 19.6. The summed E-state index contributed by atoms with van der Waals surface area (Å²) in [6.07, 6.45) is 9.64. The van der Waals surface area contributed by atoms with Crippen LogP contribution in [0.4, 0.5) is 0 Å². The third kappa shape index (κ3) is 3.49. The molecule has 3 heterocycles. The maximum atomic E-state index is 13.2. The summed E-state index contributed by atoms with van der Waals surface area (Å²) >= 11 is 0. The van der Waals surface area contributed by atoms with Crippen LogP contribution in [0.3, 0.4) is 0 Å². The molecule has 33 heavy (non-hydrogen) atoms. The molecule has 2 fully saturated rings. The second-order valence-electron chi connectivity index (χ2n) is 10.5. The highest BCUT2D eigenvalue weighted by molar-refractivity contribution is 6.00. The van der Waals surface area contributed by atoms with Crippen LogP contribution in [0.25, 0.3) is 17.0 Å². The Morgan fingerprint density at radius 3 is 2.73 bits per heavy atom. The van der Waals surface area contributed by atoms with Crippen LogP contribution < -0.4 is 0 Å². The maximum absolute atomic E-state index is 13.2. The molecule has 0 spiro atoms. The van der Waals surface area contributed by atoms with Crippen molar-refractivity contribution in [3.63, 3.8) is 0 Å². The minimum atomic E-state index is 0.0602. The number of nitrogens with one attached hydrogen (secondary N) is 1. The number of unbranched alkanes of at least 4 members (excludes halogenated alkanes) is 1. The smallest absolute Gasteiger partial charge is 0.159 e. The number of hydrogen-bond acceptors (Lipinski definition) is 2. The van der Waals surface area contributed by atoms with E-state index in [4.69, 9.17) is 0 Å². The van der Waals surface area contributed by atoms with Gasteiger partial charge in [0.15, 0.2) is 5.78 Å². The molecule has 2 aromatic carbocycles. The lowest BCUT2D eigenvalue weighted by Crippen LogP contribution is -2.59. The van der Waals surface area contributed by atoms with Crippen molar-refractivity contribution in [3.8, 4) is 0 Å². The Hall–Kier alpha value is -2.65. The number of benzene rings is 2. The molecule has 2 aliphatic heterocycles. The van der Waals surface area contributed by atoms with Gasteiger partial charge in [0.2, 0.25) is 0 Å². The monoisotopic (exact) mass is 438 g/mol. The van der Waals surface area contributed by atoms with Gasteiger partial charge >= 0.3 is 0 Å². The number of carbonyl (C=O) groups is 1. The molecule has 3 atom stereocenters. The van der Waals surface area contributed by atoms with Gasteiger partial charge in [0.25, 0.3) is 0 Å². The molecule has 3 heteroatoms. The average Bonchev–Trinajstić information content (AvgIpc) is 3.23. The largest absolute Gasteiger partial charge is 0.357 e. The normalized spacial score (nSPS) is 28.5. The molecule has 3 aromatic rings. The molecular weight excluding hydrogens is 404 g/mol. The second-order valence-corrected chi connectivity index (χ2v) is 10.5. The van der Waals surface area contributed by atoms with E-state index in [2.05, 4.69) is 71.4 Å². The van der Waals surface area contributed by atoms with Gasteiger partial charge in [0.05, 0.1) is 5.54 Å². The molecule has 1 saturated heterocycles. The van der Waals surface area contributed by atoms with Crippen LogP contribution in [0, 0.1) is 11.8 Å². The van der Waals surface area contributed by atoms with Gasteiger partial charge in [0, 0.05) is 36.1 Å². The number of carbonyl (C=O) groups excluding carboxylic acids is 1. The Labute approximate surface area is 196 Å². The first kappa shape index (κ1) is 20.9. The molecule has 0 amide bonds. The number of ketones is 1. The lowest BCUT2D eigenvalue weighted by atomic mass is 9.63. The van der Waals surface area contributed by atoms with Crippen molar-refractivity contribution in [1.29, 1.82) is 0 Å². The molecule has 3 aliphatic rings. The molecule has 1 aliphatic carbocycles. The predicted octanol–water partition coefficient (Wildman–Crippen LogP) is 6.49. The van der Waals surface area contributed by atoms with E-state index >= 15 is 0 Å². The Kier molecular flexibility index (Phi) is 5.25. The van der Waals surface area contributed by atoms with E-state index in [-0.39, 0.29) is 5.54 Å². The summed E-state index contributed by atoms with van der Waals surface area (Å²) in [6.45, 7) is 4.54. The van der Waals surface area contributed by atoms with Crippen LogP contribution in [-0.4, -0.2) is 28.8 Å². The quantitative estimate of drug-likeness (QED) is 0.472. The molecule has 1 aromatic heterocycles. The number of Topliss-reactive ketones (excluding diaryl/α,β-unsaturated/α-hetero) is 1. The number of aromatic amines is 1. The highest BCUT2D eigenvalue weighted by Gasteiger charge is 2.52. The summed E-state index contributed by atoms with van der Waals surface area (Å²) < 4.78 is 0. The first-order valence-corrected chi connectivity index (χ1v) is 12.8. The van der Waals surface area contributed by atoms with E-state index in [1.165, 1.54) is 41.4 Å². The van der Waals surface area contributed by atoms with E-state index < -0.39 is 0 Å². The van der Waals surface area contributed by atoms with Crippen molar-refractivity contribution in [2.45, 2.75) is 57.4 Å². The first-order valence-electron chi connectivity index (χ1n) is 12.8. The fourth-order valence-electron chi connectivity index (χ4n) is 6.99. The van der Waals surface area contributed by atoms with Crippen LogP contribution in [0.5, 0.6) is 0 Å². The minimum absolute atomic E-state index is 0.0602. The standard InChI is InChI=1S/C30H34N2O/c1-2-3-14-30-19-23-18-28(33)22(16-21-9-5-4-6-10-21)17-24(23)20-32(30)15-13-26-25-11-7-8-12-27(25)31-29(26)30/h4-12,16,23-24,31H,2-3,13-15,17-20H2,1H3/b22-16+/t23?,24?,30-/m0/s1. The van der Waals surface area contributed by atoms with Gasteiger partial charge < -0.3 is 4.98 Å². The van der Waals surface area contributed by atoms with Crippen LogP contribution in [0.2, 0.25) is 0 Å². The zero-order chi connectivity index (χ0) is 22.4. The zero-order valence-corrected chi connectivity index (χ0v) is 19.6. The number of allylic oxidation sites excluding steroid dienone is 1. The Bertz CT molecular complexity index is 1210. The van der Waals surface area contributed by atoms with Crippen molar-refractivity contribution in [3.05, 3.63) is 77.0 Å². The molecule has 0 radical (unpaired) electrons. The number of fused-ring (bicyclic) bond motifs is 6. The summed E-state index contributed by atoms with van der Waals surface area (Å²) in [5.41, 5.74) is 6.50. The van der Waals surface area contributed by atoms with E-state index in [1.807, 2.05) is 6.07 Å². The van der Waals surface area contributed by atoms with Gasteiger partial charge in [0.1, 0.15) is 0 Å². The van der Waals surface area contributed by atoms with Crippen LogP contribution in [-0.2, 0) is 16.8 Å². The van der Waals surface area contributed by atoms with Crippen molar-refractivity contribution in [1.82, 2.24) is 9.88 Å². The van der Waals surface area contributed by atoms with Gasteiger partial charge in [-0.2, -0.15) is 0 Å². The lowest BCUT2D eigenvalue weighted by Gasteiger charge is -2.56. The SMILES string of the molecule is CCCC[C@@]12CC3CC(=O)/C(=C/c4ccccc4)CC3CN1CCc1c2[nH]c2ccccc12. The second kappa shape index (κ2) is 8.29. The average molecular weight is 439 g/mol. The molecule has 170 valence electrons. The number of nitrogens with zero attached hydrogens (tertiary/aromatic N) is 1. The third-order valence-electron chi connectivity index (χ3n) is 8.61. The van der Waals surface area contributed by atoms with E-state index in [9.17, 15) is 4.79 Å². The van der Waals surface area contributed by atoms with E-state index in [1.54, 1.807) is 0 Å². The summed E-state index contributed by atoms with van der Waals surface area (Å²) in [6, 6.07) is 19.2. The molecular formula is C30H34N2O. The van der Waals surface area contributed by atoms with Crippen molar-refractivity contribution < 1.29 is 4.79 Å². The van der Waals surface area contributed by atoms with Crippen molar-refractivity contribution in [2.24, 2.45) is 11.8 Å². The van der Waals surface area contributed by atoms with Crippen molar-refractivity contribution in [2.75, 3.05) is 13.1 Å². The molecule has 1 saturated carbocycles. The Balaban J connectivity index is 1.36. The topological polar surface area (TPSA) is 36.1 Å². The first-order chi connectivity index (χ1) is 16.2. The number of H-pyrrole nitrogens is 1. The fourth-order valence-corrected chi connectivity index (χ4v) is 6.99. The number of para-hydroxylation sites is 1. The van der Waals surface area contributed by atoms with Gasteiger partial charge in [-0.15, -0.1) is 0 Å². The number of aromatic nitrogens is 1. The fraction of sp³-hybridized carbons (Fsp3) is 0.433. The molecule has 1 N–H and O–H groups in total. The Morgan fingerprint density at radius 1 is 1.06 bits per heavy atom. The van der Waals surface area contributed by atoms with Gasteiger partial charge in [-0.25, -0.2) is 0 Å². The number of rotatable bonds is 4. The predicted molar refractivity (Wildman–Crippen MR) is 135 cm³/mol. The lowest BCUT2D eigenvalue weighted by molar-refractivity contribution is -0.121. The highest BCUT2D eigenvalue weighted by Crippen LogP contribution is 2.53. The van der Waals surface area contributed by atoms with Gasteiger partial charge in [-0.1, -0.05) is 68.3 Å². The third-order valence-corrected chi connectivity index (χ3v) is 8.61. The minimum Gasteiger partial charge on any atom is -0.357 e. The molecule has 6 rings (SSSR count). The molecule has 2 unspecified atom stereocenters.